The highest BCUT2D eigenvalue weighted by molar-refractivity contribution is 8.00. The molecule has 1 atom stereocenters. The van der Waals surface area contributed by atoms with E-state index in [2.05, 4.69) is 24.3 Å². The molecule has 3 nitrogen and oxygen atoms in total. The van der Waals surface area contributed by atoms with Crippen LogP contribution < -0.4 is 9.64 Å². The van der Waals surface area contributed by atoms with Crippen LogP contribution in [0.3, 0.4) is 0 Å². The molecule has 0 bridgehead atoms. The van der Waals surface area contributed by atoms with E-state index in [-0.39, 0.29) is 11.3 Å². The minimum atomic E-state index is 0.0178. The molecule has 29 heavy (non-hydrogen) atoms. The Morgan fingerprint density at radius 2 is 1.55 bits per heavy atom. The molecule has 2 aliphatic rings. The summed E-state index contributed by atoms with van der Waals surface area (Å²) in [4.78, 5) is 14.6. The average Bonchev–Trinajstić information content (AvgIpc) is 3.53. The van der Waals surface area contributed by atoms with Crippen LogP contribution in [0.15, 0.2) is 72.8 Å². The molecule has 0 radical (unpaired) electrons. The van der Waals surface area contributed by atoms with E-state index in [0.29, 0.717) is 16.7 Å². The molecular weight excluding hydrogens is 402 g/mol. The van der Waals surface area contributed by atoms with Crippen LogP contribution in [0.4, 0.5) is 5.69 Å². The van der Waals surface area contributed by atoms with Gasteiger partial charge in [0.25, 0.3) is 0 Å². The van der Waals surface area contributed by atoms with Crippen molar-refractivity contribution in [3.8, 4) is 11.5 Å². The summed E-state index contributed by atoms with van der Waals surface area (Å²) >= 11 is 7.61. The molecule has 2 fully saturated rings. The van der Waals surface area contributed by atoms with E-state index in [4.69, 9.17) is 16.3 Å². The zero-order valence-corrected chi connectivity index (χ0v) is 17.3. The van der Waals surface area contributed by atoms with Crippen LogP contribution in [0, 0.1) is 0 Å². The number of halogens is 1. The maximum Gasteiger partial charge on any atom is 0.238 e. The highest BCUT2D eigenvalue weighted by Gasteiger charge is 2.34. The van der Waals surface area contributed by atoms with E-state index in [1.807, 2.05) is 41.3 Å². The van der Waals surface area contributed by atoms with Gasteiger partial charge in [-0.3, -0.25) is 9.69 Å². The molecule has 5 rings (SSSR count). The molecule has 1 saturated heterocycles. The van der Waals surface area contributed by atoms with Gasteiger partial charge in [0, 0.05) is 10.7 Å². The molecule has 1 unspecified atom stereocenters. The van der Waals surface area contributed by atoms with Gasteiger partial charge in [-0.05, 0) is 78.4 Å². The number of nitrogens with zero attached hydrogens (tertiary/aromatic N) is 1. The van der Waals surface area contributed by atoms with Gasteiger partial charge in [-0.2, -0.15) is 0 Å². The van der Waals surface area contributed by atoms with Gasteiger partial charge >= 0.3 is 0 Å². The molecule has 1 saturated carbocycles. The lowest BCUT2D eigenvalue weighted by Gasteiger charge is -2.25. The van der Waals surface area contributed by atoms with Gasteiger partial charge in [-0.25, -0.2) is 0 Å². The molecule has 0 aromatic heterocycles. The fourth-order valence-corrected chi connectivity index (χ4v) is 4.94. The highest BCUT2D eigenvalue weighted by atomic mass is 35.5. The van der Waals surface area contributed by atoms with Gasteiger partial charge in [0.15, 0.2) is 0 Å². The summed E-state index contributed by atoms with van der Waals surface area (Å²) in [5, 5.41) is 0.693. The van der Waals surface area contributed by atoms with Crippen LogP contribution in [-0.4, -0.2) is 11.7 Å². The summed E-state index contributed by atoms with van der Waals surface area (Å²) in [6.07, 6.45) is 2.55. The second-order valence-electron chi connectivity index (χ2n) is 7.42. The van der Waals surface area contributed by atoms with E-state index in [0.717, 1.165) is 17.2 Å². The van der Waals surface area contributed by atoms with Crippen LogP contribution in [0.25, 0.3) is 0 Å². The molecule has 1 heterocycles. The first-order valence-electron chi connectivity index (χ1n) is 9.74. The average molecular weight is 422 g/mol. The summed E-state index contributed by atoms with van der Waals surface area (Å²) in [7, 11) is 0. The lowest BCUT2D eigenvalue weighted by molar-refractivity contribution is -0.115. The second kappa shape index (κ2) is 7.77. The van der Waals surface area contributed by atoms with Gasteiger partial charge in [-0.1, -0.05) is 35.9 Å². The zero-order valence-electron chi connectivity index (χ0n) is 15.8. The van der Waals surface area contributed by atoms with Gasteiger partial charge in [0.1, 0.15) is 16.9 Å². The number of anilines is 1. The smallest absolute Gasteiger partial charge is 0.238 e. The van der Waals surface area contributed by atoms with E-state index in [9.17, 15) is 4.79 Å². The lowest BCUT2D eigenvalue weighted by Crippen LogP contribution is -2.27. The molecule has 1 aliphatic carbocycles. The molecule has 3 aromatic rings. The maximum absolute atomic E-state index is 12.7. The largest absolute Gasteiger partial charge is 0.457 e. The van der Waals surface area contributed by atoms with Gasteiger partial charge < -0.3 is 4.74 Å². The van der Waals surface area contributed by atoms with Gasteiger partial charge in [-0.15, -0.1) is 11.8 Å². The first-order chi connectivity index (χ1) is 14.2. The van der Waals surface area contributed by atoms with Crippen molar-refractivity contribution in [1.29, 1.82) is 0 Å². The predicted octanol–water partition coefficient (Wildman–Crippen LogP) is 6.79. The summed E-state index contributed by atoms with van der Waals surface area (Å²) in [5.74, 6) is 2.80. The number of carbonyl (C=O) groups is 1. The lowest BCUT2D eigenvalue weighted by atomic mass is 10.1. The third kappa shape index (κ3) is 4.00. The first-order valence-corrected chi connectivity index (χ1v) is 11.2. The maximum atomic E-state index is 12.7. The van der Waals surface area contributed by atoms with Crippen LogP contribution >= 0.6 is 23.4 Å². The summed E-state index contributed by atoms with van der Waals surface area (Å²) in [5.41, 5.74) is 3.49. The zero-order chi connectivity index (χ0) is 19.8. The Morgan fingerprint density at radius 3 is 2.24 bits per heavy atom. The quantitative estimate of drug-likeness (QED) is 0.454. The Balaban J connectivity index is 1.37. The van der Waals surface area contributed by atoms with Crippen molar-refractivity contribution in [2.45, 2.75) is 24.1 Å². The summed E-state index contributed by atoms with van der Waals surface area (Å²) in [6.45, 7) is 0. The third-order valence-electron chi connectivity index (χ3n) is 5.28. The molecular formula is C24H20ClNO2S. The SMILES string of the molecule is O=C1CSC(c2cccc(C3CC3)c2)N1c1ccc(Oc2ccc(Cl)cc2)cc1. The molecule has 5 heteroatoms. The Bertz CT molecular complexity index is 1030. The minimum Gasteiger partial charge on any atom is -0.457 e. The Kier molecular flexibility index (Phi) is 4.98. The molecule has 1 aliphatic heterocycles. The fourth-order valence-electron chi connectivity index (χ4n) is 3.65. The van der Waals surface area contributed by atoms with Crippen molar-refractivity contribution >= 4 is 35.0 Å². The topological polar surface area (TPSA) is 29.5 Å². The Hall–Kier alpha value is -2.43. The normalized spacial score (nSPS) is 18.9. The number of hydrogen-bond acceptors (Lipinski definition) is 3. The van der Waals surface area contributed by atoms with Crippen LogP contribution in [0.1, 0.15) is 35.3 Å². The number of ether oxygens (including phenoxy) is 1. The number of rotatable bonds is 5. The first kappa shape index (κ1) is 18.6. The number of amides is 1. The van der Waals surface area contributed by atoms with E-state index >= 15 is 0 Å². The Labute approximate surface area is 179 Å². The molecule has 3 aromatic carbocycles. The van der Waals surface area contributed by atoms with Crippen LogP contribution in [0.2, 0.25) is 5.02 Å². The van der Waals surface area contributed by atoms with Crippen molar-refractivity contribution in [3.05, 3.63) is 88.9 Å². The molecule has 1 amide bonds. The molecule has 0 spiro atoms. The second-order valence-corrected chi connectivity index (χ2v) is 8.93. The number of benzene rings is 3. The summed E-state index contributed by atoms with van der Waals surface area (Å²) in [6, 6.07) is 23.7. The van der Waals surface area contributed by atoms with E-state index in [1.165, 1.54) is 24.0 Å². The summed E-state index contributed by atoms with van der Waals surface area (Å²) < 4.78 is 5.87. The monoisotopic (exact) mass is 421 g/mol. The van der Waals surface area contributed by atoms with E-state index in [1.54, 1.807) is 23.9 Å². The van der Waals surface area contributed by atoms with Gasteiger partial charge in [0.05, 0.1) is 5.75 Å². The molecule has 146 valence electrons. The number of carbonyl (C=O) groups excluding carboxylic acids is 1. The van der Waals surface area contributed by atoms with Crippen LogP contribution in [0.5, 0.6) is 11.5 Å². The molecule has 0 N–H and O–H groups in total. The van der Waals surface area contributed by atoms with Gasteiger partial charge in [0.2, 0.25) is 5.91 Å². The van der Waals surface area contributed by atoms with E-state index < -0.39 is 0 Å². The Morgan fingerprint density at radius 1 is 0.897 bits per heavy atom. The predicted molar refractivity (Wildman–Crippen MR) is 119 cm³/mol. The number of thioether (sulfide) groups is 1. The van der Waals surface area contributed by atoms with Crippen LogP contribution in [-0.2, 0) is 4.79 Å². The third-order valence-corrected chi connectivity index (χ3v) is 6.74. The van der Waals surface area contributed by atoms with Crippen molar-refractivity contribution in [2.75, 3.05) is 10.7 Å². The van der Waals surface area contributed by atoms with Crippen molar-refractivity contribution < 1.29 is 9.53 Å². The van der Waals surface area contributed by atoms with Crippen molar-refractivity contribution in [1.82, 2.24) is 0 Å². The minimum absolute atomic E-state index is 0.0178. The highest BCUT2D eigenvalue weighted by Crippen LogP contribution is 2.45. The number of hydrogen-bond donors (Lipinski definition) is 0. The van der Waals surface area contributed by atoms with Crippen molar-refractivity contribution in [2.24, 2.45) is 0 Å². The fraction of sp³-hybridized carbons (Fsp3) is 0.208. The van der Waals surface area contributed by atoms with Crippen molar-refractivity contribution in [3.63, 3.8) is 0 Å². The standard InChI is InChI=1S/C24H20ClNO2S/c25-19-6-10-21(11-7-19)28-22-12-8-20(9-13-22)26-23(27)15-29-24(26)18-3-1-2-17(14-18)16-4-5-16/h1-3,6-14,16,24H,4-5,15H2.